The van der Waals surface area contributed by atoms with Crippen molar-refractivity contribution < 1.29 is 9.59 Å². The number of hydrogen-bond acceptors (Lipinski definition) is 2. The van der Waals surface area contributed by atoms with E-state index in [9.17, 15) is 9.59 Å². The summed E-state index contributed by atoms with van der Waals surface area (Å²) in [5.41, 5.74) is 2.02. The van der Waals surface area contributed by atoms with Crippen LogP contribution in [0.1, 0.15) is 18.1 Å². The lowest BCUT2D eigenvalue weighted by atomic mass is 10.2. The molecule has 2 aromatic rings. The predicted molar refractivity (Wildman–Crippen MR) is 96.0 cm³/mol. The highest BCUT2D eigenvalue weighted by molar-refractivity contribution is 5.94. The summed E-state index contributed by atoms with van der Waals surface area (Å²) in [6, 6.07) is 19.4. The predicted octanol–water partition coefficient (Wildman–Crippen LogP) is 2.86. The average molecular weight is 322 g/mol. The summed E-state index contributed by atoms with van der Waals surface area (Å²) in [5.74, 6) is -0.370. The fourth-order valence-electron chi connectivity index (χ4n) is 2.25. The van der Waals surface area contributed by atoms with E-state index in [1.807, 2.05) is 67.6 Å². The van der Waals surface area contributed by atoms with Crippen molar-refractivity contribution in [3.05, 3.63) is 77.9 Å². The largest absolute Gasteiger partial charge is 0.343 e. The van der Waals surface area contributed by atoms with Crippen molar-refractivity contribution >= 4 is 17.9 Å². The van der Waals surface area contributed by atoms with E-state index in [2.05, 4.69) is 5.32 Å². The Balaban J connectivity index is 1.82. The number of nitrogens with one attached hydrogen (secondary N) is 1. The number of carbonyl (C=O) groups excluding carboxylic acids is 2. The first-order valence-corrected chi connectivity index (χ1v) is 8.01. The molecule has 0 spiro atoms. The minimum atomic E-state index is -0.275. The molecule has 0 aliphatic rings. The van der Waals surface area contributed by atoms with Gasteiger partial charge in [0, 0.05) is 19.2 Å². The molecule has 2 aromatic carbocycles. The molecule has 1 N–H and O–H groups in total. The second-order valence-electron chi connectivity index (χ2n) is 5.36. The minimum Gasteiger partial charge on any atom is -0.343 e. The van der Waals surface area contributed by atoms with Crippen molar-refractivity contribution in [3.8, 4) is 0 Å². The fourth-order valence-corrected chi connectivity index (χ4v) is 2.25. The van der Waals surface area contributed by atoms with Gasteiger partial charge in [0.1, 0.15) is 0 Å². The number of rotatable bonds is 7. The lowest BCUT2D eigenvalue weighted by Gasteiger charge is -2.21. The molecule has 0 fully saturated rings. The van der Waals surface area contributed by atoms with Crippen LogP contribution in [0.15, 0.2) is 66.7 Å². The Morgan fingerprint density at radius 3 is 2.25 bits per heavy atom. The maximum Gasteiger partial charge on any atom is 0.244 e. The van der Waals surface area contributed by atoms with Gasteiger partial charge in [-0.1, -0.05) is 60.7 Å². The van der Waals surface area contributed by atoms with Crippen molar-refractivity contribution in [2.75, 3.05) is 13.1 Å². The molecule has 124 valence electrons. The molecule has 0 unspecified atom stereocenters. The van der Waals surface area contributed by atoms with E-state index in [-0.39, 0.29) is 18.4 Å². The molecule has 0 radical (unpaired) electrons. The Labute approximate surface area is 142 Å². The molecule has 2 rings (SSSR count). The third kappa shape index (κ3) is 5.72. The highest BCUT2D eigenvalue weighted by atomic mass is 16.2. The Kier molecular flexibility index (Phi) is 6.77. The van der Waals surface area contributed by atoms with Gasteiger partial charge in [-0.05, 0) is 24.1 Å². The van der Waals surface area contributed by atoms with Crippen molar-refractivity contribution in [2.24, 2.45) is 0 Å². The van der Waals surface area contributed by atoms with Gasteiger partial charge in [-0.2, -0.15) is 0 Å². The SMILES string of the molecule is CCN(Cc1ccccc1)C(=O)CNC(=O)/C=C/c1ccccc1. The number of hydrogen-bond donors (Lipinski definition) is 1. The highest BCUT2D eigenvalue weighted by Gasteiger charge is 2.12. The molecule has 4 heteroatoms. The summed E-state index contributed by atoms with van der Waals surface area (Å²) in [6.07, 6.45) is 3.16. The zero-order valence-corrected chi connectivity index (χ0v) is 13.8. The van der Waals surface area contributed by atoms with Gasteiger partial charge >= 0.3 is 0 Å². The van der Waals surface area contributed by atoms with Crippen LogP contribution in [-0.2, 0) is 16.1 Å². The first kappa shape index (κ1) is 17.5. The highest BCUT2D eigenvalue weighted by Crippen LogP contribution is 2.04. The second-order valence-corrected chi connectivity index (χ2v) is 5.36. The molecule has 0 bridgehead atoms. The molecule has 0 saturated heterocycles. The van der Waals surface area contributed by atoms with Gasteiger partial charge in [-0.25, -0.2) is 0 Å². The van der Waals surface area contributed by atoms with E-state index in [0.717, 1.165) is 11.1 Å². The maximum atomic E-state index is 12.2. The molecule has 0 aliphatic heterocycles. The van der Waals surface area contributed by atoms with Crippen LogP contribution in [0, 0.1) is 0 Å². The normalized spacial score (nSPS) is 10.5. The minimum absolute atomic E-state index is 0.00135. The summed E-state index contributed by atoms with van der Waals surface area (Å²) in [6.45, 7) is 3.08. The summed E-state index contributed by atoms with van der Waals surface area (Å²) in [4.78, 5) is 25.8. The van der Waals surface area contributed by atoms with E-state index in [0.29, 0.717) is 13.1 Å². The van der Waals surface area contributed by atoms with E-state index >= 15 is 0 Å². The van der Waals surface area contributed by atoms with Gasteiger partial charge in [0.15, 0.2) is 0 Å². The van der Waals surface area contributed by atoms with Gasteiger partial charge in [0.2, 0.25) is 11.8 Å². The molecule has 2 amide bonds. The van der Waals surface area contributed by atoms with Crippen LogP contribution in [0.25, 0.3) is 6.08 Å². The van der Waals surface area contributed by atoms with E-state index in [1.165, 1.54) is 6.08 Å². The van der Waals surface area contributed by atoms with Crippen molar-refractivity contribution in [1.82, 2.24) is 10.2 Å². The second kappa shape index (κ2) is 9.30. The number of carbonyl (C=O) groups is 2. The standard InChI is InChI=1S/C20H22N2O2/c1-2-22(16-18-11-7-4-8-12-18)20(24)15-21-19(23)14-13-17-9-5-3-6-10-17/h3-14H,2,15-16H2,1H3,(H,21,23)/b14-13+. The van der Waals surface area contributed by atoms with Gasteiger partial charge in [0.05, 0.1) is 6.54 Å². The Hall–Kier alpha value is -2.88. The number of amides is 2. The van der Waals surface area contributed by atoms with Crippen molar-refractivity contribution in [2.45, 2.75) is 13.5 Å². The molecule has 0 aliphatic carbocycles. The van der Waals surface area contributed by atoms with Crippen LogP contribution >= 0.6 is 0 Å². The Bertz CT molecular complexity index is 681. The average Bonchev–Trinajstić information content (AvgIpc) is 2.64. The number of benzene rings is 2. The van der Waals surface area contributed by atoms with E-state index in [4.69, 9.17) is 0 Å². The van der Waals surface area contributed by atoms with Crippen LogP contribution in [0.5, 0.6) is 0 Å². The first-order valence-electron chi connectivity index (χ1n) is 8.01. The first-order chi connectivity index (χ1) is 11.7. The maximum absolute atomic E-state index is 12.2. The summed E-state index contributed by atoms with van der Waals surface area (Å²) < 4.78 is 0. The smallest absolute Gasteiger partial charge is 0.244 e. The summed E-state index contributed by atoms with van der Waals surface area (Å²) in [7, 11) is 0. The molecule has 0 saturated carbocycles. The lowest BCUT2D eigenvalue weighted by molar-refractivity contribution is -0.132. The van der Waals surface area contributed by atoms with Crippen LogP contribution in [-0.4, -0.2) is 29.8 Å². The van der Waals surface area contributed by atoms with Crippen LogP contribution in [0.2, 0.25) is 0 Å². The molecule has 0 atom stereocenters. The molecule has 24 heavy (non-hydrogen) atoms. The van der Waals surface area contributed by atoms with Gasteiger partial charge in [-0.15, -0.1) is 0 Å². The van der Waals surface area contributed by atoms with Crippen LogP contribution in [0.3, 0.4) is 0 Å². The summed E-state index contributed by atoms with van der Waals surface area (Å²) >= 11 is 0. The van der Waals surface area contributed by atoms with E-state index < -0.39 is 0 Å². The van der Waals surface area contributed by atoms with Gasteiger partial charge in [-0.3, -0.25) is 9.59 Å². The third-order valence-electron chi connectivity index (χ3n) is 3.59. The van der Waals surface area contributed by atoms with Crippen LogP contribution in [0.4, 0.5) is 0 Å². The molecule has 0 heterocycles. The van der Waals surface area contributed by atoms with Crippen molar-refractivity contribution in [3.63, 3.8) is 0 Å². The molecular weight excluding hydrogens is 300 g/mol. The number of likely N-dealkylation sites (N-methyl/N-ethyl adjacent to an activating group) is 1. The molecule has 4 nitrogen and oxygen atoms in total. The monoisotopic (exact) mass is 322 g/mol. The van der Waals surface area contributed by atoms with Crippen molar-refractivity contribution in [1.29, 1.82) is 0 Å². The lowest BCUT2D eigenvalue weighted by Crippen LogP contribution is -2.39. The Morgan fingerprint density at radius 1 is 1.00 bits per heavy atom. The molecule has 0 aromatic heterocycles. The zero-order valence-electron chi connectivity index (χ0n) is 13.8. The fraction of sp³-hybridized carbons (Fsp3) is 0.200. The Morgan fingerprint density at radius 2 is 1.62 bits per heavy atom. The van der Waals surface area contributed by atoms with Gasteiger partial charge < -0.3 is 10.2 Å². The third-order valence-corrected chi connectivity index (χ3v) is 3.59. The zero-order chi connectivity index (χ0) is 17.2. The van der Waals surface area contributed by atoms with Crippen LogP contribution < -0.4 is 5.32 Å². The van der Waals surface area contributed by atoms with Gasteiger partial charge in [0.25, 0.3) is 0 Å². The topological polar surface area (TPSA) is 49.4 Å². The van der Waals surface area contributed by atoms with E-state index in [1.54, 1.807) is 11.0 Å². The number of nitrogens with zero attached hydrogens (tertiary/aromatic N) is 1. The quantitative estimate of drug-likeness (QED) is 0.797. The molecular formula is C20H22N2O2. The summed E-state index contributed by atoms with van der Waals surface area (Å²) in [5, 5.41) is 2.64.